The third-order valence-electron chi connectivity index (χ3n) is 5.33. The van der Waals surface area contributed by atoms with Gasteiger partial charge in [0, 0.05) is 21.7 Å². The van der Waals surface area contributed by atoms with Crippen LogP contribution >= 0.6 is 11.3 Å². The van der Waals surface area contributed by atoms with Gasteiger partial charge in [-0.2, -0.15) is 0 Å². The summed E-state index contributed by atoms with van der Waals surface area (Å²) < 4.78 is 40.3. The second-order valence-corrected chi connectivity index (χ2v) is 10.3. The third kappa shape index (κ3) is 4.37. The van der Waals surface area contributed by atoms with E-state index in [4.69, 9.17) is 0 Å². The maximum absolute atomic E-state index is 13.1. The lowest BCUT2D eigenvalue weighted by atomic mass is 9.94. The molecule has 4 aromatic rings. The van der Waals surface area contributed by atoms with Crippen molar-refractivity contribution in [2.45, 2.75) is 17.7 Å². The molecule has 0 saturated carbocycles. The molecule has 9 heteroatoms. The van der Waals surface area contributed by atoms with Crippen molar-refractivity contribution in [1.29, 1.82) is 0 Å². The Labute approximate surface area is 194 Å². The molecule has 0 radical (unpaired) electrons. The number of aromatic nitrogens is 1. The lowest BCUT2D eigenvalue weighted by Gasteiger charge is -2.13. The molecule has 1 heterocycles. The lowest BCUT2D eigenvalue weighted by molar-refractivity contribution is 0.102. The number of fused-ring (bicyclic) bond motifs is 3. The highest BCUT2D eigenvalue weighted by Crippen LogP contribution is 2.38. The minimum atomic E-state index is -3.86. The smallest absolute Gasteiger partial charge is 0.261 e. The van der Waals surface area contributed by atoms with E-state index in [2.05, 4.69) is 21.1 Å². The number of anilines is 2. The fourth-order valence-corrected chi connectivity index (χ4v) is 5.72. The standard InChI is InChI=1S/C24H18FN3O3S2/c25-17-8-12-19(13-9-17)33(30,31)28-18-10-5-16(6-11-18)23(29)27-24-26-22-20-4-2-1-3-15(20)7-14-21(22)32-24/h1-6,8-13,28H,7,14H2,(H,26,27,29). The largest absolute Gasteiger partial charge is 0.298 e. The van der Waals surface area contributed by atoms with Crippen molar-refractivity contribution < 1.29 is 17.6 Å². The molecule has 1 aliphatic rings. The van der Waals surface area contributed by atoms with E-state index < -0.39 is 15.8 Å². The van der Waals surface area contributed by atoms with Crippen molar-refractivity contribution in [1.82, 2.24) is 4.98 Å². The van der Waals surface area contributed by atoms with E-state index in [1.807, 2.05) is 18.2 Å². The maximum Gasteiger partial charge on any atom is 0.261 e. The molecule has 1 amide bonds. The maximum atomic E-state index is 13.1. The Morgan fingerprint density at radius 1 is 0.939 bits per heavy atom. The van der Waals surface area contributed by atoms with Crippen molar-refractivity contribution in [3.8, 4) is 11.3 Å². The monoisotopic (exact) mass is 479 g/mol. The van der Waals surface area contributed by atoms with Gasteiger partial charge >= 0.3 is 0 Å². The van der Waals surface area contributed by atoms with Crippen molar-refractivity contribution >= 4 is 38.1 Å². The van der Waals surface area contributed by atoms with Gasteiger partial charge in [-0.05, 0) is 66.9 Å². The van der Waals surface area contributed by atoms with Crippen molar-refractivity contribution in [3.63, 3.8) is 0 Å². The first-order valence-corrected chi connectivity index (χ1v) is 12.5. The molecule has 2 N–H and O–H groups in total. The number of hydrogen-bond acceptors (Lipinski definition) is 5. The van der Waals surface area contributed by atoms with Crippen LogP contribution in [0.2, 0.25) is 0 Å². The van der Waals surface area contributed by atoms with Crippen LogP contribution in [-0.2, 0) is 22.9 Å². The number of halogens is 1. The zero-order chi connectivity index (χ0) is 23.0. The first-order chi connectivity index (χ1) is 15.9. The van der Waals surface area contributed by atoms with E-state index in [-0.39, 0.29) is 16.5 Å². The molecule has 1 aliphatic carbocycles. The SMILES string of the molecule is O=C(Nc1nc2c(s1)CCc1ccccc1-2)c1ccc(NS(=O)(=O)c2ccc(F)cc2)cc1. The van der Waals surface area contributed by atoms with Gasteiger partial charge in [0.25, 0.3) is 15.9 Å². The summed E-state index contributed by atoms with van der Waals surface area (Å²) in [6, 6.07) is 18.7. The van der Waals surface area contributed by atoms with Crippen LogP contribution in [0.3, 0.4) is 0 Å². The minimum Gasteiger partial charge on any atom is -0.298 e. The summed E-state index contributed by atoms with van der Waals surface area (Å²) in [5, 5.41) is 3.37. The van der Waals surface area contributed by atoms with Crippen LogP contribution in [0.15, 0.2) is 77.7 Å². The zero-order valence-corrected chi connectivity index (χ0v) is 18.8. The number of carbonyl (C=O) groups is 1. The van der Waals surface area contributed by atoms with Gasteiger partial charge in [-0.3, -0.25) is 14.8 Å². The Hall–Kier alpha value is -3.56. The number of sulfonamides is 1. The molecule has 166 valence electrons. The van der Waals surface area contributed by atoms with Gasteiger partial charge in [-0.15, -0.1) is 11.3 Å². The molecular weight excluding hydrogens is 461 g/mol. The van der Waals surface area contributed by atoms with Crippen LogP contribution in [0.1, 0.15) is 20.8 Å². The molecule has 0 aliphatic heterocycles. The summed E-state index contributed by atoms with van der Waals surface area (Å²) in [5.41, 5.74) is 3.94. The van der Waals surface area contributed by atoms with E-state index in [9.17, 15) is 17.6 Å². The van der Waals surface area contributed by atoms with Crippen LogP contribution in [0.5, 0.6) is 0 Å². The quantitative estimate of drug-likeness (QED) is 0.417. The molecule has 0 unspecified atom stereocenters. The highest BCUT2D eigenvalue weighted by molar-refractivity contribution is 7.92. The van der Waals surface area contributed by atoms with Gasteiger partial charge in [-0.25, -0.2) is 17.8 Å². The van der Waals surface area contributed by atoms with Crippen LogP contribution in [-0.4, -0.2) is 19.3 Å². The minimum absolute atomic E-state index is 0.0555. The molecule has 6 nitrogen and oxygen atoms in total. The van der Waals surface area contributed by atoms with E-state index in [1.54, 1.807) is 0 Å². The van der Waals surface area contributed by atoms with E-state index in [0.717, 1.165) is 41.1 Å². The number of rotatable bonds is 5. The van der Waals surface area contributed by atoms with Crippen LogP contribution in [0.4, 0.5) is 15.2 Å². The normalized spacial score (nSPS) is 12.5. The number of nitrogens with one attached hydrogen (secondary N) is 2. The first kappa shape index (κ1) is 21.3. The summed E-state index contributed by atoms with van der Waals surface area (Å²) in [6.45, 7) is 0. The van der Waals surface area contributed by atoms with Gasteiger partial charge < -0.3 is 0 Å². The van der Waals surface area contributed by atoms with Gasteiger partial charge in [-0.1, -0.05) is 24.3 Å². The predicted octanol–water partition coefficient (Wildman–Crippen LogP) is 5.10. The second kappa shape index (κ2) is 8.42. The van der Waals surface area contributed by atoms with Gasteiger partial charge in [0.05, 0.1) is 10.6 Å². The first-order valence-electron chi connectivity index (χ1n) is 10.2. The predicted molar refractivity (Wildman–Crippen MR) is 127 cm³/mol. The van der Waals surface area contributed by atoms with Crippen molar-refractivity contribution in [2.75, 3.05) is 10.0 Å². The third-order valence-corrected chi connectivity index (χ3v) is 7.76. The Kier molecular flexibility index (Phi) is 5.43. The fourth-order valence-electron chi connectivity index (χ4n) is 3.69. The number of aryl methyl sites for hydroxylation is 2. The van der Waals surface area contributed by atoms with Gasteiger partial charge in [0.1, 0.15) is 5.82 Å². The topological polar surface area (TPSA) is 88.2 Å². The van der Waals surface area contributed by atoms with E-state index in [1.165, 1.54) is 53.3 Å². The fraction of sp³-hybridized carbons (Fsp3) is 0.0833. The molecule has 33 heavy (non-hydrogen) atoms. The molecule has 0 spiro atoms. The zero-order valence-electron chi connectivity index (χ0n) is 17.2. The average molecular weight is 480 g/mol. The van der Waals surface area contributed by atoms with Gasteiger partial charge in [0.2, 0.25) is 0 Å². The number of benzene rings is 3. The van der Waals surface area contributed by atoms with Gasteiger partial charge in [0.15, 0.2) is 5.13 Å². The highest BCUT2D eigenvalue weighted by atomic mass is 32.2. The number of nitrogens with zero attached hydrogens (tertiary/aromatic N) is 1. The van der Waals surface area contributed by atoms with Crippen LogP contribution in [0, 0.1) is 5.82 Å². The Morgan fingerprint density at radius 2 is 1.67 bits per heavy atom. The molecular formula is C24H18FN3O3S2. The van der Waals surface area contributed by atoms with E-state index in [0.29, 0.717) is 10.7 Å². The average Bonchev–Trinajstić information content (AvgIpc) is 3.22. The summed E-state index contributed by atoms with van der Waals surface area (Å²) in [4.78, 5) is 18.4. The molecule has 0 atom stereocenters. The Balaban J connectivity index is 1.29. The number of carbonyl (C=O) groups excluding carboxylic acids is 1. The lowest BCUT2D eigenvalue weighted by Crippen LogP contribution is -2.14. The molecule has 0 bridgehead atoms. The number of hydrogen-bond donors (Lipinski definition) is 2. The van der Waals surface area contributed by atoms with E-state index >= 15 is 0 Å². The molecule has 5 rings (SSSR count). The Bertz CT molecular complexity index is 1450. The summed E-state index contributed by atoms with van der Waals surface area (Å²) >= 11 is 1.47. The molecule has 0 fully saturated rings. The van der Waals surface area contributed by atoms with Crippen molar-refractivity contribution in [3.05, 3.63) is 94.6 Å². The summed E-state index contributed by atoms with van der Waals surface area (Å²) in [7, 11) is -3.86. The number of thiazole rings is 1. The second-order valence-electron chi connectivity index (χ2n) is 7.54. The van der Waals surface area contributed by atoms with Crippen molar-refractivity contribution in [2.24, 2.45) is 0 Å². The molecule has 3 aromatic carbocycles. The number of amides is 1. The van der Waals surface area contributed by atoms with Crippen LogP contribution in [0.25, 0.3) is 11.3 Å². The molecule has 0 saturated heterocycles. The Morgan fingerprint density at radius 3 is 2.42 bits per heavy atom. The van der Waals surface area contributed by atoms with Crippen LogP contribution < -0.4 is 10.0 Å². The summed E-state index contributed by atoms with van der Waals surface area (Å²) in [6.07, 6.45) is 1.84. The molecule has 1 aromatic heterocycles. The summed E-state index contributed by atoms with van der Waals surface area (Å²) in [5.74, 6) is -0.850. The highest BCUT2D eigenvalue weighted by Gasteiger charge is 2.21.